The summed E-state index contributed by atoms with van der Waals surface area (Å²) in [7, 11) is 0. The first kappa shape index (κ1) is 14.1. The van der Waals surface area contributed by atoms with Crippen LogP contribution in [0, 0.1) is 23.7 Å². The molecule has 0 bridgehead atoms. The van der Waals surface area contributed by atoms with Crippen LogP contribution in [0.2, 0.25) is 5.02 Å². The van der Waals surface area contributed by atoms with Gasteiger partial charge >= 0.3 is 0 Å². The van der Waals surface area contributed by atoms with Crippen LogP contribution in [-0.2, 0) is 0 Å². The zero-order valence-corrected chi connectivity index (χ0v) is 12.3. The van der Waals surface area contributed by atoms with Crippen LogP contribution in [0.3, 0.4) is 0 Å². The summed E-state index contributed by atoms with van der Waals surface area (Å²) >= 11 is 5.89. The second-order valence-corrected chi connectivity index (χ2v) is 5.26. The highest BCUT2D eigenvalue weighted by Crippen LogP contribution is 2.29. The van der Waals surface area contributed by atoms with Gasteiger partial charge in [-0.2, -0.15) is 5.26 Å². The van der Waals surface area contributed by atoms with E-state index in [1.165, 1.54) is 0 Å². The van der Waals surface area contributed by atoms with Gasteiger partial charge in [0.05, 0.1) is 5.39 Å². The number of nitrogens with one attached hydrogen (secondary N) is 2. The Balaban J connectivity index is 2.56. The van der Waals surface area contributed by atoms with Crippen molar-refractivity contribution in [1.29, 1.82) is 10.7 Å². The number of hydrogen-bond donors (Lipinski definition) is 2. The first-order chi connectivity index (χ1) is 10.5. The van der Waals surface area contributed by atoms with Crippen LogP contribution in [0.25, 0.3) is 22.1 Å². The second kappa shape index (κ2) is 5.17. The van der Waals surface area contributed by atoms with Crippen molar-refractivity contribution in [3.05, 3.63) is 62.5 Å². The lowest BCUT2D eigenvalue weighted by Gasteiger charge is -2.08. The molecule has 0 fully saturated rings. The molecule has 0 atom stereocenters. The molecular formula is C16H10ClN3O2. The minimum atomic E-state index is -0.361. The lowest BCUT2D eigenvalue weighted by molar-refractivity contribution is 0.530. The van der Waals surface area contributed by atoms with Crippen LogP contribution in [-0.4, -0.2) is 4.98 Å². The van der Waals surface area contributed by atoms with E-state index in [0.717, 1.165) is 0 Å². The quantitative estimate of drug-likeness (QED) is 0.723. The number of nitrogens with zero attached hydrogens (tertiary/aromatic N) is 1. The van der Waals surface area contributed by atoms with Crippen LogP contribution >= 0.6 is 11.6 Å². The van der Waals surface area contributed by atoms with E-state index >= 15 is 0 Å². The van der Waals surface area contributed by atoms with Gasteiger partial charge < -0.3 is 9.40 Å². The van der Waals surface area contributed by atoms with Crippen LogP contribution < -0.4 is 11.1 Å². The molecule has 0 saturated carbocycles. The van der Waals surface area contributed by atoms with Gasteiger partial charge in [0.15, 0.2) is 0 Å². The number of benzene rings is 1. The van der Waals surface area contributed by atoms with Gasteiger partial charge in [-0.15, -0.1) is 0 Å². The molecule has 2 N–H and O–H groups in total. The van der Waals surface area contributed by atoms with E-state index in [9.17, 15) is 10.1 Å². The van der Waals surface area contributed by atoms with Crippen molar-refractivity contribution in [1.82, 2.24) is 4.98 Å². The Morgan fingerprint density at radius 1 is 1.32 bits per heavy atom. The molecule has 1 aromatic carbocycles. The maximum absolute atomic E-state index is 12.3. The average Bonchev–Trinajstić information content (AvgIpc) is 2.46. The number of pyridine rings is 1. The van der Waals surface area contributed by atoms with Gasteiger partial charge in [-0.25, -0.2) is 0 Å². The van der Waals surface area contributed by atoms with Crippen molar-refractivity contribution < 1.29 is 4.42 Å². The third kappa shape index (κ3) is 2.20. The number of aromatic amines is 1. The lowest BCUT2D eigenvalue weighted by Crippen LogP contribution is -2.14. The molecule has 0 radical (unpaired) electrons. The Bertz CT molecular complexity index is 1040. The molecule has 108 valence electrons. The monoisotopic (exact) mass is 311 g/mol. The molecule has 0 unspecified atom stereocenters. The van der Waals surface area contributed by atoms with E-state index in [1.807, 2.05) is 6.07 Å². The van der Waals surface area contributed by atoms with E-state index < -0.39 is 0 Å². The number of fused-ring (bicyclic) bond motifs is 1. The molecule has 3 rings (SSSR count). The van der Waals surface area contributed by atoms with Crippen molar-refractivity contribution in [2.24, 2.45) is 0 Å². The average molecular weight is 312 g/mol. The number of H-pyrrole nitrogens is 1. The molecule has 2 heterocycles. The van der Waals surface area contributed by atoms with E-state index in [2.05, 4.69) is 4.98 Å². The summed E-state index contributed by atoms with van der Waals surface area (Å²) in [5.74, 6) is 0. The Labute approximate surface area is 129 Å². The molecule has 0 aliphatic carbocycles. The largest absolute Gasteiger partial charge is 0.437 e. The Kier molecular flexibility index (Phi) is 3.32. The number of halogens is 1. The summed E-state index contributed by atoms with van der Waals surface area (Å²) < 4.78 is 5.33. The third-order valence-electron chi connectivity index (χ3n) is 3.32. The normalized spacial score (nSPS) is 10.6. The van der Waals surface area contributed by atoms with Crippen LogP contribution in [0.1, 0.15) is 11.3 Å². The fourth-order valence-electron chi connectivity index (χ4n) is 2.39. The molecule has 3 aromatic rings. The molecule has 22 heavy (non-hydrogen) atoms. The summed E-state index contributed by atoms with van der Waals surface area (Å²) in [6.45, 7) is 1.72. The van der Waals surface area contributed by atoms with Crippen molar-refractivity contribution in [2.75, 3.05) is 0 Å². The van der Waals surface area contributed by atoms with Crippen LogP contribution in [0.15, 0.2) is 39.5 Å². The summed E-state index contributed by atoms with van der Waals surface area (Å²) in [5.41, 5.74) is 1.29. The van der Waals surface area contributed by atoms with Crippen LogP contribution in [0.5, 0.6) is 0 Å². The standard InChI is InChI=1S/C16H10ClN3O2/c1-8-6-12-14(16(21)20-8)13(11(7-18)15(19)22-12)9-2-4-10(17)5-3-9/h2-6,19H,1H3,(H,20,21). The van der Waals surface area contributed by atoms with E-state index in [4.69, 9.17) is 21.4 Å². The number of aryl methyl sites for hydroxylation is 1. The highest BCUT2D eigenvalue weighted by Gasteiger charge is 2.17. The highest BCUT2D eigenvalue weighted by molar-refractivity contribution is 6.30. The summed E-state index contributed by atoms with van der Waals surface area (Å²) in [6, 6.07) is 10.3. The smallest absolute Gasteiger partial charge is 0.259 e. The van der Waals surface area contributed by atoms with Gasteiger partial charge in [0.25, 0.3) is 5.56 Å². The van der Waals surface area contributed by atoms with Gasteiger partial charge in [-0.3, -0.25) is 10.2 Å². The van der Waals surface area contributed by atoms with E-state index in [-0.39, 0.29) is 27.6 Å². The minimum Gasteiger partial charge on any atom is -0.437 e. The van der Waals surface area contributed by atoms with Crippen LogP contribution in [0.4, 0.5) is 0 Å². The van der Waals surface area contributed by atoms with E-state index in [1.54, 1.807) is 37.3 Å². The molecule has 6 heteroatoms. The maximum atomic E-state index is 12.3. The molecular weight excluding hydrogens is 302 g/mol. The first-order valence-corrected chi connectivity index (χ1v) is 6.80. The minimum absolute atomic E-state index is 0.0178. The number of rotatable bonds is 1. The van der Waals surface area contributed by atoms with Gasteiger partial charge in [0.2, 0.25) is 5.55 Å². The number of aromatic nitrogens is 1. The van der Waals surface area contributed by atoms with Gasteiger partial charge in [0, 0.05) is 22.3 Å². The summed E-state index contributed by atoms with van der Waals surface area (Å²) in [6.07, 6.45) is 0. The fourth-order valence-corrected chi connectivity index (χ4v) is 2.51. The maximum Gasteiger partial charge on any atom is 0.259 e. The topological polar surface area (TPSA) is 93.6 Å². The zero-order chi connectivity index (χ0) is 15.9. The third-order valence-corrected chi connectivity index (χ3v) is 3.57. The molecule has 0 amide bonds. The number of hydrogen-bond acceptors (Lipinski definition) is 4. The Morgan fingerprint density at radius 3 is 2.64 bits per heavy atom. The van der Waals surface area contributed by atoms with Gasteiger partial charge in [0.1, 0.15) is 17.2 Å². The van der Waals surface area contributed by atoms with E-state index in [0.29, 0.717) is 21.8 Å². The van der Waals surface area contributed by atoms with Crippen molar-refractivity contribution >= 4 is 22.6 Å². The molecule has 0 aliphatic rings. The SMILES string of the molecule is Cc1cc2oc(=N)c(C#N)c(-c3ccc(Cl)cc3)c2c(=O)[nH]1. The first-order valence-electron chi connectivity index (χ1n) is 6.42. The molecule has 5 nitrogen and oxygen atoms in total. The molecule has 0 saturated heterocycles. The van der Waals surface area contributed by atoms with Crippen molar-refractivity contribution in [2.45, 2.75) is 6.92 Å². The highest BCUT2D eigenvalue weighted by atomic mass is 35.5. The second-order valence-electron chi connectivity index (χ2n) is 4.82. The van der Waals surface area contributed by atoms with Crippen molar-refractivity contribution in [3.63, 3.8) is 0 Å². The molecule has 0 aliphatic heterocycles. The Morgan fingerprint density at radius 2 is 2.00 bits per heavy atom. The molecule has 0 spiro atoms. The lowest BCUT2D eigenvalue weighted by atomic mass is 9.98. The Hall–Kier alpha value is -2.84. The zero-order valence-electron chi connectivity index (χ0n) is 11.5. The molecule has 2 aromatic heterocycles. The predicted octanol–water partition coefficient (Wildman–Crippen LogP) is 3.10. The van der Waals surface area contributed by atoms with Gasteiger partial charge in [-0.1, -0.05) is 23.7 Å². The van der Waals surface area contributed by atoms with Crippen molar-refractivity contribution in [3.8, 4) is 17.2 Å². The predicted molar refractivity (Wildman–Crippen MR) is 82.6 cm³/mol. The summed E-state index contributed by atoms with van der Waals surface area (Å²) in [5, 5.41) is 18.0. The summed E-state index contributed by atoms with van der Waals surface area (Å²) in [4.78, 5) is 15.0. The fraction of sp³-hybridized carbons (Fsp3) is 0.0625. The number of nitriles is 1. The van der Waals surface area contributed by atoms with Gasteiger partial charge in [-0.05, 0) is 24.6 Å².